The lowest BCUT2D eigenvalue weighted by Crippen LogP contribution is -2.49. The van der Waals surface area contributed by atoms with Gasteiger partial charge < -0.3 is 19.7 Å². The zero-order valence-corrected chi connectivity index (χ0v) is 30.7. The molecule has 0 unspecified atom stereocenters. The Balaban J connectivity index is 1.24. The number of carbonyl (C=O) groups is 2. The number of urea groups is 1. The number of nitrogens with zero attached hydrogens (tertiary/aromatic N) is 2. The number of benzene rings is 2. The van der Waals surface area contributed by atoms with Crippen molar-refractivity contribution in [3.05, 3.63) is 70.3 Å². The van der Waals surface area contributed by atoms with Crippen LogP contribution in [0.1, 0.15) is 73.4 Å². The smallest absolute Gasteiger partial charge is 0.327 e. The molecule has 1 spiro atoms. The van der Waals surface area contributed by atoms with Gasteiger partial charge in [-0.1, -0.05) is 36.7 Å². The topological polar surface area (TPSA) is 109 Å². The molecule has 3 amide bonds. The van der Waals surface area contributed by atoms with Crippen LogP contribution in [0.3, 0.4) is 0 Å². The van der Waals surface area contributed by atoms with Crippen molar-refractivity contribution in [2.24, 2.45) is 28.0 Å². The molecular formula is C38H47ClF2N4O5S. The van der Waals surface area contributed by atoms with E-state index in [2.05, 4.69) is 37.5 Å². The number of hydrogen-bond acceptors (Lipinski definition) is 6. The van der Waals surface area contributed by atoms with E-state index in [1.807, 2.05) is 19.1 Å². The van der Waals surface area contributed by atoms with Crippen LogP contribution >= 0.6 is 11.6 Å². The van der Waals surface area contributed by atoms with Crippen molar-refractivity contribution in [2.75, 3.05) is 37.5 Å². The second-order valence-corrected chi connectivity index (χ2v) is 17.7. The van der Waals surface area contributed by atoms with Crippen molar-refractivity contribution < 1.29 is 32.1 Å². The van der Waals surface area contributed by atoms with Gasteiger partial charge in [0.25, 0.3) is 5.91 Å². The molecule has 9 nitrogen and oxygen atoms in total. The standard InChI is InChI=1S/C38H47ClF2N4O5S/c1-23-5-3-7-33(49-2)29-11-8-26(29)19-45-21-38(14-4-6-24-15-28(39)10-12-30(24)38)22-50-34-13-9-25(17-32(34)45)36(46)43-51(48,20-23)44-37(47)42-31-16-27(31)18-35(40)41/h3,7,9-10,12-13,15,17,23,26-27,29,31,33,35H,4-6,8,11,14,16,18-22H2,1-2H3,(H2,42,43,44,46,47,48)/b7-3+/t23-,26-,27+,29+,31-,33-,38-,51-/m0/s1. The second kappa shape index (κ2) is 14.7. The summed E-state index contributed by atoms with van der Waals surface area (Å²) in [6.45, 7) is 3.80. The van der Waals surface area contributed by atoms with Gasteiger partial charge in [0.05, 0.1) is 24.2 Å². The van der Waals surface area contributed by atoms with E-state index in [-0.39, 0.29) is 41.1 Å². The van der Waals surface area contributed by atoms with Crippen molar-refractivity contribution in [2.45, 2.75) is 82.3 Å². The number of anilines is 1. The van der Waals surface area contributed by atoms with Gasteiger partial charge in [0.2, 0.25) is 6.43 Å². The summed E-state index contributed by atoms with van der Waals surface area (Å²) in [5.41, 5.74) is 3.22. The molecule has 7 rings (SSSR count). The summed E-state index contributed by atoms with van der Waals surface area (Å²) in [6, 6.07) is 10.1. The highest BCUT2D eigenvalue weighted by Gasteiger charge is 2.45. The number of aryl methyl sites for hydroxylation is 1. The van der Waals surface area contributed by atoms with E-state index in [0.29, 0.717) is 43.6 Å². The number of carbonyl (C=O) groups excluding carboxylic acids is 2. The summed E-state index contributed by atoms with van der Waals surface area (Å²) in [7, 11) is -1.87. The maximum Gasteiger partial charge on any atom is 0.327 e. The molecule has 51 heavy (non-hydrogen) atoms. The third-order valence-electron chi connectivity index (χ3n) is 11.5. The summed E-state index contributed by atoms with van der Waals surface area (Å²) in [5, 5.41) is 3.37. The van der Waals surface area contributed by atoms with Crippen LogP contribution in [-0.2, 0) is 26.5 Å². The third kappa shape index (κ3) is 7.93. The molecule has 3 aliphatic carbocycles. The number of nitrogens with one attached hydrogen (secondary N) is 2. The maximum atomic E-state index is 14.4. The van der Waals surface area contributed by atoms with Crippen molar-refractivity contribution in [3.8, 4) is 5.75 Å². The maximum absolute atomic E-state index is 14.4. The Labute approximate surface area is 304 Å². The lowest BCUT2D eigenvalue weighted by atomic mass is 9.68. The zero-order chi connectivity index (χ0) is 35.9. The minimum absolute atomic E-state index is 0.0720. The van der Waals surface area contributed by atoms with Crippen molar-refractivity contribution in [3.63, 3.8) is 0 Å². The molecule has 2 fully saturated rings. The Kier molecular flexibility index (Phi) is 10.4. The number of rotatable bonds is 5. The first-order valence-electron chi connectivity index (χ1n) is 18.1. The van der Waals surface area contributed by atoms with Crippen LogP contribution in [0.15, 0.2) is 52.9 Å². The van der Waals surface area contributed by atoms with E-state index in [1.54, 1.807) is 25.3 Å². The van der Waals surface area contributed by atoms with Gasteiger partial charge in [0.1, 0.15) is 15.7 Å². The van der Waals surface area contributed by atoms with E-state index >= 15 is 0 Å². The monoisotopic (exact) mass is 744 g/mol. The molecule has 2 N–H and O–H groups in total. The highest BCUT2D eigenvalue weighted by Crippen LogP contribution is 2.47. The van der Waals surface area contributed by atoms with Crippen molar-refractivity contribution in [1.82, 2.24) is 10.0 Å². The van der Waals surface area contributed by atoms with Crippen LogP contribution < -0.4 is 19.7 Å². The fraction of sp³-hybridized carbons (Fsp3) is 0.579. The van der Waals surface area contributed by atoms with Crippen LogP contribution in [0, 0.1) is 23.7 Å². The third-order valence-corrected chi connectivity index (χ3v) is 13.7. The van der Waals surface area contributed by atoms with E-state index in [4.69, 9.17) is 21.1 Å². The molecule has 2 aliphatic heterocycles. The highest BCUT2D eigenvalue weighted by atomic mass is 35.5. The summed E-state index contributed by atoms with van der Waals surface area (Å²) in [5.74, 6) is 0.00980. The fourth-order valence-electron chi connectivity index (χ4n) is 8.62. The zero-order valence-electron chi connectivity index (χ0n) is 29.1. The molecule has 2 aromatic carbocycles. The molecular weight excluding hydrogens is 698 g/mol. The quantitative estimate of drug-likeness (QED) is 0.311. The number of allylic oxidation sites excluding steroid dienone is 1. The normalized spacial score (nSPS) is 33.8. The van der Waals surface area contributed by atoms with Crippen LogP contribution in [0.5, 0.6) is 5.75 Å². The Morgan fingerprint density at radius 1 is 1.24 bits per heavy atom. The molecule has 8 atom stereocenters. The van der Waals surface area contributed by atoms with E-state index in [1.165, 1.54) is 11.1 Å². The average Bonchev–Trinajstić information content (AvgIpc) is 3.81. The molecule has 2 heterocycles. The number of alkyl halides is 2. The summed E-state index contributed by atoms with van der Waals surface area (Å²) in [6.07, 6.45) is 7.22. The molecule has 2 saturated carbocycles. The van der Waals surface area contributed by atoms with E-state index in [0.717, 1.165) is 49.4 Å². The van der Waals surface area contributed by atoms with Gasteiger partial charge >= 0.3 is 6.03 Å². The second-order valence-electron chi connectivity index (χ2n) is 15.3. The number of amides is 3. The van der Waals surface area contributed by atoms with Gasteiger partial charge in [-0.2, -0.15) is 0 Å². The van der Waals surface area contributed by atoms with Gasteiger partial charge in [0.15, 0.2) is 0 Å². The Morgan fingerprint density at radius 3 is 2.84 bits per heavy atom. The number of fused-ring (bicyclic) bond motifs is 4. The molecule has 5 aliphatic rings. The largest absolute Gasteiger partial charge is 0.490 e. The van der Waals surface area contributed by atoms with E-state index < -0.39 is 34.3 Å². The summed E-state index contributed by atoms with van der Waals surface area (Å²) < 4.78 is 59.4. The van der Waals surface area contributed by atoms with Crippen LogP contribution in [0.25, 0.3) is 0 Å². The van der Waals surface area contributed by atoms with Gasteiger partial charge in [-0.05, 0) is 110 Å². The molecule has 2 aromatic rings. The molecule has 2 bridgehead atoms. The average molecular weight is 745 g/mol. The van der Waals surface area contributed by atoms with Gasteiger partial charge in [-0.15, -0.1) is 4.36 Å². The van der Waals surface area contributed by atoms with Crippen LogP contribution in [0.4, 0.5) is 19.3 Å². The number of methoxy groups -OCH3 is 1. The first-order chi connectivity index (χ1) is 24.4. The molecule has 0 aromatic heterocycles. The Morgan fingerprint density at radius 2 is 2.08 bits per heavy atom. The lowest BCUT2D eigenvalue weighted by Gasteiger charge is -2.46. The summed E-state index contributed by atoms with van der Waals surface area (Å²) in [4.78, 5) is 29.3. The Hall–Kier alpha value is -3.22. The molecule has 276 valence electrons. The minimum Gasteiger partial charge on any atom is -0.490 e. The van der Waals surface area contributed by atoms with E-state index in [9.17, 15) is 22.6 Å². The Bertz CT molecular complexity index is 1820. The molecule has 13 heteroatoms. The van der Waals surface area contributed by atoms with Crippen molar-refractivity contribution in [1.29, 1.82) is 0 Å². The van der Waals surface area contributed by atoms with Gasteiger partial charge in [0, 0.05) is 48.7 Å². The fourth-order valence-corrected chi connectivity index (χ4v) is 10.7. The number of halogens is 3. The van der Waals surface area contributed by atoms with Gasteiger partial charge in [-0.3, -0.25) is 9.52 Å². The first kappa shape index (κ1) is 36.2. The molecule has 0 saturated heterocycles. The predicted molar refractivity (Wildman–Crippen MR) is 194 cm³/mol. The number of hydrogen-bond donors (Lipinski definition) is 2. The SMILES string of the molecule is CO[C@H]1/C=C/C[C@H](C)C[S@@](=O)(NC(=O)N[C@H]2C[C@@H]2CC(F)F)=NC(=O)c2ccc3c(c2)N(C[C@@H]2CC[C@H]21)C[C@@]1(CCCc2cc(Cl)ccc21)CO3. The first-order valence-corrected chi connectivity index (χ1v) is 20.2. The lowest BCUT2D eigenvalue weighted by molar-refractivity contribution is 0.0131. The van der Waals surface area contributed by atoms with Crippen molar-refractivity contribution >= 4 is 39.1 Å². The van der Waals surface area contributed by atoms with Gasteiger partial charge in [-0.25, -0.2) is 17.8 Å². The highest BCUT2D eigenvalue weighted by molar-refractivity contribution is 7.92. The number of ether oxygens (including phenoxy) is 2. The predicted octanol–water partition coefficient (Wildman–Crippen LogP) is 7.32. The molecule has 0 radical (unpaired) electrons. The minimum atomic E-state index is -3.61. The van der Waals surface area contributed by atoms with Crippen LogP contribution in [-0.4, -0.2) is 67.3 Å². The summed E-state index contributed by atoms with van der Waals surface area (Å²) >= 11 is 6.44. The van der Waals surface area contributed by atoms with Crippen LogP contribution in [0.2, 0.25) is 5.02 Å².